The molecule has 1 heterocycles. The first-order chi connectivity index (χ1) is 9.78. The lowest BCUT2D eigenvalue weighted by atomic mass is 9.94. The number of carbonyl (C=O) groups is 1. The standard InChI is InChI=1S/C16H24N2O2/c1-20-12-14-4-2-6-15(10-14)18-16(19)8-7-13-5-3-9-17-11-13/h2,4,6,10,13,17H,3,5,7-9,11-12H2,1H3,(H,18,19). The summed E-state index contributed by atoms with van der Waals surface area (Å²) in [6, 6.07) is 7.81. The van der Waals surface area contributed by atoms with E-state index in [2.05, 4.69) is 10.6 Å². The molecule has 1 aliphatic heterocycles. The molecule has 1 fully saturated rings. The summed E-state index contributed by atoms with van der Waals surface area (Å²) in [4.78, 5) is 12.0. The van der Waals surface area contributed by atoms with Crippen molar-refractivity contribution in [1.82, 2.24) is 5.32 Å². The van der Waals surface area contributed by atoms with Gasteiger partial charge in [-0.05, 0) is 56.0 Å². The Morgan fingerprint density at radius 1 is 1.50 bits per heavy atom. The first-order valence-corrected chi connectivity index (χ1v) is 7.36. The van der Waals surface area contributed by atoms with Gasteiger partial charge in [-0.3, -0.25) is 4.79 Å². The third-order valence-corrected chi connectivity index (χ3v) is 3.70. The summed E-state index contributed by atoms with van der Waals surface area (Å²) in [6.45, 7) is 2.74. The Morgan fingerprint density at radius 3 is 3.15 bits per heavy atom. The number of amides is 1. The Balaban J connectivity index is 1.77. The van der Waals surface area contributed by atoms with E-state index in [4.69, 9.17) is 4.74 Å². The van der Waals surface area contributed by atoms with Crippen molar-refractivity contribution in [1.29, 1.82) is 0 Å². The van der Waals surface area contributed by atoms with Crippen molar-refractivity contribution >= 4 is 11.6 Å². The second-order valence-corrected chi connectivity index (χ2v) is 5.43. The summed E-state index contributed by atoms with van der Waals surface area (Å²) in [5.41, 5.74) is 1.92. The third kappa shape index (κ3) is 4.94. The van der Waals surface area contributed by atoms with Crippen molar-refractivity contribution in [3.8, 4) is 0 Å². The van der Waals surface area contributed by atoms with Crippen molar-refractivity contribution in [3.05, 3.63) is 29.8 Å². The minimum Gasteiger partial charge on any atom is -0.380 e. The van der Waals surface area contributed by atoms with Crippen LogP contribution in [-0.2, 0) is 16.1 Å². The second-order valence-electron chi connectivity index (χ2n) is 5.43. The van der Waals surface area contributed by atoms with Crippen molar-refractivity contribution in [2.24, 2.45) is 5.92 Å². The largest absolute Gasteiger partial charge is 0.380 e. The number of carbonyl (C=O) groups excluding carboxylic acids is 1. The molecule has 0 spiro atoms. The highest BCUT2D eigenvalue weighted by Crippen LogP contribution is 2.17. The average molecular weight is 276 g/mol. The van der Waals surface area contributed by atoms with E-state index in [1.165, 1.54) is 12.8 Å². The third-order valence-electron chi connectivity index (χ3n) is 3.70. The van der Waals surface area contributed by atoms with E-state index in [9.17, 15) is 4.79 Å². The van der Waals surface area contributed by atoms with Crippen LogP contribution in [-0.4, -0.2) is 26.1 Å². The number of rotatable bonds is 6. The smallest absolute Gasteiger partial charge is 0.224 e. The van der Waals surface area contributed by atoms with Crippen LogP contribution in [0.1, 0.15) is 31.2 Å². The molecule has 0 aliphatic carbocycles. The molecule has 0 saturated carbocycles. The molecule has 0 aromatic heterocycles. The molecule has 0 bridgehead atoms. The zero-order chi connectivity index (χ0) is 14.2. The van der Waals surface area contributed by atoms with Gasteiger partial charge in [0.05, 0.1) is 6.61 Å². The molecule has 2 rings (SSSR count). The Morgan fingerprint density at radius 2 is 2.40 bits per heavy atom. The van der Waals surface area contributed by atoms with Gasteiger partial charge in [0.2, 0.25) is 5.91 Å². The van der Waals surface area contributed by atoms with Gasteiger partial charge in [-0.25, -0.2) is 0 Å². The maximum absolute atomic E-state index is 12.0. The molecule has 4 nitrogen and oxygen atoms in total. The van der Waals surface area contributed by atoms with Crippen LogP contribution in [0, 0.1) is 5.92 Å². The number of nitrogens with one attached hydrogen (secondary N) is 2. The summed E-state index contributed by atoms with van der Waals surface area (Å²) in [5, 5.41) is 6.35. The monoisotopic (exact) mass is 276 g/mol. The van der Waals surface area contributed by atoms with Crippen molar-refractivity contribution < 1.29 is 9.53 Å². The van der Waals surface area contributed by atoms with Crippen LogP contribution >= 0.6 is 0 Å². The van der Waals surface area contributed by atoms with Gasteiger partial charge in [0.25, 0.3) is 0 Å². The van der Waals surface area contributed by atoms with Crippen LogP contribution in [0.15, 0.2) is 24.3 Å². The molecule has 1 aromatic rings. The normalized spacial score (nSPS) is 18.8. The summed E-state index contributed by atoms with van der Waals surface area (Å²) in [5.74, 6) is 0.750. The molecule has 110 valence electrons. The predicted octanol–water partition coefficient (Wildman–Crippen LogP) is 2.55. The van der Waals surface area contributed by atoms with Crippen molar-refractivity contribution in [2.45, 2.75) is 32.3 Å². The maximum Gasteiger partial charge on any atom is 0.224 e. The van der Waals surface area contributed by atoms with Crippen LogP contribution < -0.4 is 10.6 Å². The molecule has 1 aromatic carbocycles. The minimum atomic E-state index is 0.102. The Labute approximate surface area is 120 Å². The van der Waals surface area contributed by atoms with E-state index in [0.717, 1.165) is 30.8 Å². The molecule has 20 heavy (non-hydrogen) atoms. The van der Waals surface area contributed by atoms with Crippen molar-refractivity contribution in [2.75, 3.05) is 25.5 Å². The van der Waals surface area contributed by atoms with E-state index < -0.39 is 0 Å². The summed E-state index contributed by atoms with van der Waals surface area (Å²) < 4.78 is 5.10. The SMILES string of the molecule is COCc1cccc(NC(=O)CCC2CCCNC2)c1. The van der Waals surface area contributed by atoms with Gasteiger partial charge >= 0.3 is 0 Å². The molecule has 4 heteroatoms. The first-order valence-electron chi connectivity index (χ1n) is 7.36. The van der Waals surface area contributed by atoms with Gasteiger partial charge in [0, 0.05) is 19.2 Å². The van der Waals surface area contributed by atoms with Gasteiger partial charge in [-0.15, -0.1) is 0 Å². The van der Waals surface area contributed by atoms with Gasteiger partial charge in [0.15, 0.2) is 0 Å². The highest BCUT2D eigenvalue weighted by atomic mass is 16.5. The summed E-state index contributed by atoms with van der Waals surface area (Å²) >= 11 is 0. The van der Waals surface area contributed by atoms with Crippen LogP contribution in [0.4, 0.5) is 5.69 Å². The van der Waals surface area contributed by atoms with Crippen LogP contribution in [0.5, 0.6) is 0 Å². The van der Waals surface area contributed by atoms with Crippen LogP contribution in [0.25, 0.3) is 0 Å². The highest BCUT2D eigenvalue weighted by Gasteiger charge is 2.14. The number of methoxy groups -OCH3 is 1. The molecule has 1 unspecified atom stereocenters. The predicted molar refractivity (Wildman–Crippen MR) is 80.6 cm³/mol. The van der Waals surface area contributed by atoms with E-state index in [1.54, 1.807) is 7.11 Å². The minimum absolute atomic E-state index is 0.102. The molecule has 1 amide bonds. The molecule has 1 aliphatic rings. The lowest BCUT2D eigenvalue weighted by molar-refractivity contribution is -0.116. The van der Waals surface area contributed by atoms with Gasteiger partial charge < -0.3 is 15.4 Å². The number of hydrogen-bond donors (Lipinski definition) is 2. The first kappa shape index (κ1) is 15.0. The molecule has 0 radical (unpaired) electrons. The lowest BCUT2D eigenvalue weighted by Crippen LogP contribution is -2.30. The van der Waals surface area contributed by atoms with Crippen LogP contribution in [0.3, 0.4) is 0 Å². The fourth-order valence-corrected chi connectivity index (χ4v) is 2.63. The number of piperidine rings is 1. The van der Waals surface area contributed by atoms with E-state index in [0.29, 0.717) is 18.9 Å². The molecule has 1 saturated heterocycles. The maximum atomic E-state index is 12.0. The number of hydrogen-bond acceptors (Lipinski definition) is 3. The zero-order valence-corrected chi connectivity index (χ0v) is 12.2. The van der Waals surface area contributed by atoms with E-state index in [-0.39, 0.29) is 5.91 Å². The Kier molecular flexibility index (Phi) is 6.02. The van der Waals surface area contributed by atoms with Gasteiger partial charge in [0.1, 0.15) is 0 Å². The number of ether oxygens (including phenoxy) is 1. The average Bonchev–Trinajstić information content (AvgIpc) is 2.47. The van der Waals surface area contributed by atoms with Gasteiger partial charge in [-0.2, -0.15) is 0 Å². The van der Waals surface area contributed by atoms with E-state index in [1.807, 2.05) is 24.3 Å². The second kappa shape index (κ2) is 8.02. The van der Waals surface area contributed by atoms with Crippen LogP contribution in [0.2, 0.25) is 0 Å². The molecular formula is C16H24N2O2. The number of anilines is 1. The molecule has 2 N–H and O–H groups in total. The number of benzene rings is 1. The lowest BCUT2D eigenvalue weighted by Gasteiger charge is -2.22. The Bertz CT molecular complexity index is 428. The summed E-state index contributed by atoms with van der Waals surface area (Å²) in [6.07, 6.45) is 4.03. The zero-order valence-electron chi connectivity index (χ0n) is 12.2. The Hall–Kier alpha value is -1.39. The topological polar surface area (TPSA) is 50.4 Å². The fourth-order valence-electron chi connectivity index (χ4n) is 2.63. The fraction of sp³-hybridized carbons (Fsp3) is 0.562. The highest BCUT2D eigenvalue weighted by molar-refractivity contribution is 5.90. The van der Waals surface area contributed by atoms with Crippen molar-refractivity contribution in [3.63, 3.8) is 0 Å². The molecular weight excluding hydrogens is 252 g/mol. The van der Waals surface area contributed by atoms with Gasteiger partial charge in [-0.1, -0.05) is 12.1 Å². The molecule has 1 atom stereocenters. The van der Waals surface area contributed by atoms with E-state index >= 15 is 0 Å². The summed E-state index contributed by atoms with van der Waals surface area (Å²) in [7, 11) is 1.67. The quantitative estimate of drug-likeness (QED) is 0.839.